The van der Waals surface area contributed by atoms with Gasteiger partial charge in [0.25, 0.3) is 5.91 Å². The summed E-state index contributed by atoms with van der Waals surface area (Å²) in [6.07, 6.45) is 2.52. The molecular weight excluding hydrogens is 396 g/mol. The fourth-order valence-electron chi connectivity index (χ4n) is 4.04. The van der Waals surface area contributed by atoms with E-state index in [1.165, 1.54) is 32.6 Å². The number of furan rings is 1. The molecule has 1 aromatic heterocycles. The fourth-order valence-corrected chi connectivity index (χ4v) is 4.04. The lowest BCUT2D eigenvalue weighted by atomic mass is 10.1. The number of anilines is 2. The number of rotatable bonds is 7. The van der Waals surface area contributed by atoms with Crippen molar-refractivity contribution in [2.75, 3.05) is 31.5 Å². The van der Waals surface area contributed by atoms with Crippen molar-refractivity contribution < 1.29 is 23.4 Å². The van der Waals surface area contributed by atoms with Crippen LogP contribution in [0.3, 0.4) is 0 Å². The Bertz CT molecular complexity index is 1070. The van der Waals surface area contributed by atoms with E-state index in [-0.39, 0.29) is 5.91 Å². The van der Waals surface area contributed by atoms with E-state index in [1.807, 2.05) is 6.07 Å². The summed E-state index contributed by atoms with van der Waals surface area (Å²) in [5.41, 5.74) is 3.52. The molecule has 31 heavy (non-hydrogen) atoms. The number of nitrogens with zero attached hydrogens (tertiary/aromatic N) is 1. The molecule has 1 N–H and O–H groups in total. The number of carbonyl (C=O) groups is 1. The maximum atomic E-state index is 13.0. The number of fused-ring (bicyclic) bond motifs is 1. The standard InChI is InChI=1S/C24H26N2O5/c1-15-11-16-7-5-6-8-19(16)26(15)14-22-18(9-10-31-22)24(27)25-17-12-20(28-2)23(30-4)21(13-17)29-3/h5-10,12-13,15H,11,14H2,1-4H3,(H,25,27). The highest BCUT2D eigenvalue weighted by Gasteiger charge is 2.28. The highest BCUT2D eigenvalue weighted by molar-refractivity contribution is 6.05. The maximum Gasteiger partial charge on any atom is 0.259 e. The Balaban J connectivity index is 1.56. The second kappa shape index (κ2) is 8.63. The Labute approximate surface area is 181 Å². The number of hydrogen-bond donors (Lipinski definition) is 1. The monoisotopic (exact) mass is 422 g/mol. The van der Waals surface area contributed by atoms with Crippen LogP contribution in [0.1, 0.15) is 28.6 Å². The van der Waals surface area contributed by atoms with Gasteiger partial charge >= 0.3 is 0 Å². The van der Waals surface area contributed by atoms with Gasteiger partial charge in [-0.25, -0.2) is 0 Å². The van der Waals surface area contributed by atoms with Crippen LogP contribution < -0.4 is 24.4 Å². The average molecular weight is 422 g/mol. The first-order chi connectivity index (χ1) is 15.0. The summed E-state index contributed by atoms with van der Waals surface area (Å²) in [6, 6.07) is 13.7. The lowest BCUT2D eigenvalue weighted by Crippen LogP contribution is -2.29. The van der Waals surface area contributed by atoms with Crippen LogP contribution in [-0.4, -0.2) is 33.3 Å². The van der Waals surface area contributed by atoms with Gasteiger partial charge in [0.1, 0.15) is 5.76 Å². The van der Waals surface area contributed by atoms with E-state index in [0.717, 1.165) is 6.42 Å². The summed E-state index contributed by atoms with van der Waals surface area (Å²) in [5, 5.41) is 2.91. The van der Waals surface area contributed by atoms with Crippen molar-refractivity contribution in [3.05, 3.63) is 65.6 Å². The Hall–Kier alpha value is -3.61. The largest absolute Gasteiger partial charge is 0.493 e. The number of benzene rings is 2. The molecule has 1 aliphatic rings. The molecule has 1 amide bonds. The normalized spacial score (nSPS) is 14.8. The second-order valence-corrected chi connectivity index (χ2v) is 7.44. The van der Waals surface area contributed by atoms with Crippen molar-refractivity contribution in [1.29, 1.82) is 0 Å². The van der Waals surface area contributed by atoms with Gasteiger partial charge in [-0.2, -0.15) is 0 Å². The van der Waals surface area contributed by atoms with Crippen LogP contribution in [0.25, 0.3) is 0 Å². The van der Waals surface area contributed by atoms with E-state index in [4.69, 9.17) is 18.6 Å². The summed E-state index contributed by atoms with van der Waals surface area (Å²) in [4.78, 5) is 15.3. The Morgan fingerprint density at radius 2 is 1.81 bits per heavy atom. The van der Waals surface area contributed by atoms with E-state index in [1.54, 1.807) is 24.5 Å². The zero-order chi connectivity index (χ0) is 22.0. The van der Waals surface area contributed by atoms with Crippen LogP contribution in [0, 0.1) is 0 Å². The number of carbonyl (C=O) groups excluding carboxylic acids is 1. The maximum absolute atomic E-state index is 13.0. The Kier molecular flexibility index (Phi) is 5.75. The van der Waals surface area contributed by atoms with Crippen LogP contribution in [0.2, 0.25) is 0 Å². The highest BCUT2D eigenvalue weighted by atomic mass is 16.5. The topological polar surface area (TPSA) is 73.2 Å². The third-order valence-corrected chi connectivity index (χ3v) is 5.58. The third kappa shape index (κ3) is 3.91. The van der Waals surface area contributed by atoms with Crippen LogP contribution in [0.5, 0.6) is 17.2 Å². The quantitative estimate of drug-likeness (QED) is 0.604. The van der Waals surface area contributed by atoms with Crippen molar-refractivity contribution in [2.24, 2.45) is 0 Å². The molecule has 2 aromatic carbocycles. The summed E-state index contributed by atoms with van der Waals surface area (Å²) < 4.78 is 21.8. The van der Waals surface area contributed by atoms with Gasteiger partial charge in [-0.3, -0.25) is 4.79 Å². The van der Waals surface area contributed by atoms with Gasteiger partial charge in [-0.05, 0) is 31.0 Å². The molecule has 0 saturated heterocycles. The average Bonchev–Trinajstić information content (AvgIpc) is 3.37. The number of ether oxygens (including phenoxy) is 3. The van der Waals surface area contributed by atoms with Gasteiger partial charge in [-0.1, -0.05) is 18.2 Å². The number of hydrogen-bond acceptors (Lipinski definition) is 6. The molecule has 0 fully saturated rings. The molecule has 2 heterocycles. The summed E-state index contributed by atoms with van der Waals surface area (Å²) in [7, 11) is 4.60. The van der Waals surface area contributed by atoms with Crippen molar-refractivity contribution in [3.8, 4) is 17.2 Å². The molecule has 0 aliphatic carbocycles. The van der Waals surface area contributed by atoms with Crippen molar-refractivity contribution in [1.82, 2.24) is 0 Å². The van der Waals surface area contributed by atoms with E-state index < -0.39 is 0 Å². The van der Waals surface area contributed by atoms with Gasteiger partial charge in [0, 0.05) is 29.5 Å². The predicted molar refractivity (Wildman–Crippen MR) is 119 cm³/mol. The molecule has 7 heteroatoms. The van der Waals surface area contributed by atoms with Gasteiger partial charge in [0.15, 0.2) is 11.5 Å². The molecule has 0 spiro atoms. The molecule has 1 aliphatic heterocycles. The van der Waals surface area contributed by atoms with Gasteiger partial charge in [-0.15, -0.1) is 0 Å². The van der Waals surface area contributed by atoms with E-state index in [0.29, 0.717) is 46.8 Å². The molecule has 0 saturated carbocycles. The van der Waals surface area contributed by atoms with Crippen LogP contribution in [0.15, 0.2) is 53.1 Å². The zero-order valence-corrected chi connectivity index (χ0v) is 18.1. The van der Waals surface area contributed by atoms with Gasteiger partial charge in [0.2, 0.25) is 5.75 Å². The molecular formula is C24H26N2O5. The lowest BCUT2D eigenvalue weighted by Gasteiger charge is -2.24. The molecule has 1 atom stereocenters. The minimum atomic E-state index is -0.266. The zero-order valence-electron chi connectivity index (χ0n) is 18.1. The first-order valence-corrected chi connectivity index (χ1v) is 10.1. The molecule has 162 valence electrons. The number of nitrogens with one attached hydrogen (secondary N) is 1. The van der Waals surface area contributed by atoms with Gasteiger partial charge < -0.3 is 28.8 Å². The number of methoxy groups -OCH3 is 3. The van der Waals surface area contributed by atoms with E-state index >= 15 is 0 Å². The van der Waals surface area contributed by atoms with Crippen molar-refractivity contribution in [2.45, 2.75) is 25.9 Å². The third-order valence-electron chi connectivity index (χ3n) is 5.58. The molecule has 0 bridgehead atoms. The molecule has 3 aromatic rings. The SMILES string of the molecule is COc1cc(NC(=O)c2ccoc2CN2c3ccccc3CC2C)cc(OC)c1OC. The lowest BCUT2D eigenvalue weighted by molar-refractivity contribution is 0.102. The smallest absolute Gasteiger partial charge is 0.259 e. The second-order valence-electron chi connectivity index (χ2n) is 7.44. The van der Waals surface area contributed by atoms with E-state index in [2.05, 4.69) is 35.3 Å². The Morgan fingerprint density at radius 1 is 1.10 bits per heavy atom. The summed E-state index contributed by atoms with van der Waals surface area (Å²) >= 11 is 0. The van der Waals surface area contributed by atoms with Gasteiger partial charge in [0.05, 0.1) is 39.7 Å². The number of para-hydroxylation sites is 1. The van der Waals surface area contributed by atoms with Crippen LogP contribution >= 0.6 is 0 Å². The molecule has 0 radical (unpaired) electrons. The fraction of sp³-hybridized carbons (Fsp3) is 0.292. The van der Waals surface area contributed by atoms with Crippen LogP contribution in [0.4, 0.5) is 11.4 Å². The predicted octanol–water partition coefficient (Wildman–Crippen LogP) is 4.51. The summed E-state index contributed by atoms with van der Waals surface area (Å²) in [6.45, 7) is 2.70. The van der Waals surface area contributed by atoms with Crippen molar-refractivity contribution >= 4 is 17.3 Å². The van der Waals surface area contributed by atoms with Crippen LogP contribution in [-0.2, 0) is 13.0 Å². The summed E-state index contributed by atoms with van der Waals surface area (Å²) in [5.74, 6) is 1.75. The Morgan fingerprint density at radius 3 is 2.48 bits per heavy atom. The van der Waals surface area contributed by atoms with E-state index in [9.17, 15) is 4.79 Å². The minimum absolute atomic E-state index is 0.266. The number of amides is 1. The first-order valence-electron chi connectivity index (χ1n) is 10.1. The first kappa shape index (κ1) is 20.7. The molecule has 7 nitrogen and oxygen atoms in total. The van der Waals surface area contributed by atoms with Crippen molar-refractivity contribution in [3.63, 3.8) is 0 Å². The highest BCUT2D eigenvalue weighted by Crippen LogP contribution is 2.40. The minimum Gasteiger partial charge on any atom is -0.493 e. The molecule has 1 unspecified atom stereocenters. The molecule has 4 rings (SSSR count).